The Kier molecular flexibility index (Phi) is 3.79. The van der Waals surface area contributed by atoms with Gasteiger partial charge in [0.15, 0.2) is 5.69 Å². The van der Waals surface area contributed by atoms with Gasteiger partial charge in [0.1, 0.15) is 17.5 Å². The summed E-state index contributed by atoms with van der Waals surface area (Å²) in [5.74, 6) is 1.29. The summed E-state index contributed by atoms with van der Waals surface area (Å²) in [6.45, 7) is 2.57. The van der Waals surface area contributed by atoms with Gasteiger partial charge in [0.2, 0.25) is 0 Å². The predicted molar refractivity (Wildman–Crippen MR) is 87.9 cm³/mol. The largest absolute Gasteiger partial charge is 0.346 e. The van der Waals surface area contributed by atoms with Gasteiger partial charge in [-0.05, 0) is 43.7 Å². The molecule has 4 rings (SSSR count). The predicted octanol–water partition coefficient (Wildman–Crippen LogP) is 1.66. The lowest BCUT2D eigenvalue weighted by atomic mass is 10.1. The van der Waals surface area contributed by atoms with E-state index in [9.17, 15) is 9.18 Å². The van der Waals surface area contributed by atoms with E-state index < -0.39 is 0 Å². The van der Waals surface area contributed by atoms with Gasteiger partial charge in [-0.1, -0.05) is 0 Å². The van der Waals surface area contributed by atoms with Crippen LogP contribution >= 0.6 is 0 Å². The molecule has 0 saturated heterocycles. The van der Waals surface area contributed by atoms with Crippen LogP contribution in [0.1, 0.15) is 28.6 Å². The van der Waals surface area contributed by atoms with E-state index in [4.69, 9.17) is 0 Å². The van der Waals surface area contributed by atoms with Crippen LogP contribution in [0.5, 0.6) is 0 Å². The van der Waals surface area contributed by atoms with Crippen molar-refractivity contribution in [3.63, 3.8) is 0 Å². The van der Waals surface area contributed by atoms with Gasteiger partial charge in [-0.25, -0.2) is 9.07 Å². The monoisotopic (exact) mass is 340 g/mol. The first-order valence-corrected chi connectivity index (χ1v) is 8.11. The molecule has 25 heavy (non-hydrogen) atoms. The van der Waals surface area contributed by atoms with Crippen LogP contribution in [0.2, 0.25) is 0 Å². The second kappa shape index (κ2) is 6.12. The lowest BCUT2D eigenvalue weighted by molar-refractivity contribution is 0.0922. The molecule has 2 aromatic heterocycles. The minimum absolute atomic E-state index is 0.0191. The maximum Gasteiger partial charge on any atom is 0.272 e. The topological polar surface area (TPSA) is 77.6 Å². The summed E-state index contributed by atoms with van der Waals surface area (Å²) in [7, 11) is 0. The summed E-state index contributed by atoms with van der Waals surface area (Å²) in [6.07, 6.45) is 3.30. The van der Waals surface area contributed by atoms with Crippen LogP contribution in [0.3, 0.4) is 0 Å². The first-order valence-electron chi connectivity index (χ1n) is 8.11. The zero-order valence-electron chi connectivity index (χ0n) is 13.7. The Balaban J connectivity index is 1.45. The molecule has 1 aliphatic rings. The summed E-state index contributed by atoms with van der Waals surface area (Å²) in [4.78, 5) is 12.5. The van der Waals surface area contributed by atoms with E-state index in [2.05, 4.69) is 20.6 Å². The fraction of sp³-hybridized carbons (Fsp3) is 0.294. The van der Waals surface area contributed by atoms with Crippen molar-refractivity contribution in [3.8, 4) is 5.69 Å². The maximum absolute atomic E-state index is 13.0. The van der Waals surface area contributed by atoms with Gasteiger partial charge in [0, 0.05) is 25.2 Å². The molecule has 7 nitrogen and oxygen atoms in total. The van der Waals surface area contributed by atoms with Crippen molar-refractivity contribution in [2.75, 3.05) is 0 Å². The highest BCUT2D eigenvalue weighted by molar-refractivity contribution is 5.92. The smallest absolute Gasteiger partial charge is 0.272 e. The molecule has 1 N–H and O–H groups in total. The van der Waals surface area contributed by atoms with Gasteiger partial charge in [0.25, 0.3) is 5.91 Å². The summed E-state index contributed by atoms with van der Waals surface area (Å²) in [5, 5.41) is 15.5. The summed E-state index contributed by atoms with van der Waals surface area (Å²) < 4.78 is 16.6. The molecule has 1 aromatic carbocycles. The van der Waals surface area contributed by atoms with Crippen LogP contribution in [-0.4, -0.2) is 36.5 Å². The van der Waals surface area contributed by atoms with Crippen LogP contribution in [-0.2, 0) is 13.0 Å². The number of carbonyl (C=O) groups excluding carboxylic acids is 1. The quantitative estimate of drug-likeness (QED) is 0.786. The average Bonchev–Trinajstić information content (AvgIpc) is 3.24. The molecule has 0 aliphatic carbocycles. The molecule has 0 bridgehead atoms. The minimum Gasteiger partial charge on any atom is -0.346 e. The lowest BCUT2D eigenvalue weighted by Gasteiger charge is -2.24. The summed E-state index contributed by atoms with van der Waals surface area (Å²) in [5.41, 5.74) is 1.03. The molecular weight excluding hydrogens is 323 g/mol. The molecule has 128 valence electrons. The number of rotatable bonds is 3. The highest BCUT2D eigenvalue weighted by atomic mass is 19.1. The van der Waals surface area contributed by atoms with E-state index >= 15 is 0 Å². The number of fused-ring (bicyclic) bond motifs is 1. The van der Waals surface area contributed by atoms with Crippen molar-refractivity contribution in [2.45, 2.75) is 32.4 Å². The van der Waals surface area contributed by atoms with Crippen LogP contribution in [0.25, 0.3) is 5.69 Å². The maximum atomic E-state index is 13.0. The van der Waals surface area contributed by atoms with Gasteiger partial charge < -0.3 is 9.88 Å². The molecule has 8 heteroatoms. The number of hydrogen-bond acceptors (Lipinski definition) is 4. The van der Waals surface area contributed by atoms with Crippen molar-refractivity contribution in [3.05, 3.63) is 59.7 Å². The fourth-order valence-corrected chi connectivity index (χ4v) is 3.02. The number of halogens is 1. The van der Waals surface area contributed by atoms with Crippen molar-refractivity contribution in [2.24, 2.45) is 0 Å². The summed E-state index contributed by atoms with van der Waals surface area (Å²) in [6, 6.07) is 7.61. The standard InChI is InChI=1S/C17H17FN6O/c1-11-20-21-16-7-4-13(10-23(11)16)19-17(25)15-8-9-24(22-15)14-5-2-12(18)3-6-14/h2-3,5-6,8-9,13H,4,7,10H2,1H3,(H,19,25)/t13-/m1/s1. The number of nitrogens with zero attached hydrogens (tertiary/aromatic N) is 5. The van der Waals surface area contributed by atoms with Crippen LogP contribution in [0.4, 0.5) is 4.39 Å². The SMILES string of the molecule is Cc1nnc2n1C[C@H](NC(=O)c1ccn(-c3ccc(F)cc3)n1)CC2. The van der Waals surface area contributed by atoms with Crippen molar-refractivity contribution in [1.29, 1.82) is 0 Å². The molecular formula is C17H17FN6O. The van der Waals surface area contributed by atoms with E-state index in [1.807, 2.05) is 11.5 Å². The van der Waals surface area contributed by atoms with Crippen LogP contribution < -0.4 is 5.32 Å². The van der Waals surface area contributed by atoms with Crippen molar-refractivity contribution in [1.82, 2.24) is 29.9 Å². The second-order valence-electron chi connectivity index (χ2n) is 6.11. The number of carbonyl (C=O) groups is 1. The third kappa shape index (κ3) is 3.02. The number of hydrogen-bond donors (Lipinski definition) is 1. The molecule has 0 saturated carbocycles. The second-order valence-corrected chi connectivity index (χ2v) is 6.11. The van der Waals surface area contributed by atoms with E-state index in [1.54, 1.807) is 29.1 Å². The molecule has 0 unspecified atom stereocenters. The third-order valence-electron chi connectivity index (χ3n) is 4.38. The Bertz CT molecular complexity index is 914. The summed E-state index contributed by atoms with van der Waals surface area (Å²) >= 11 is 0. The fourth-order valence-electron chi connectivity index (χ4n) is 3.02. The first kappa shape index (κ1) is 15.5. The van der Waals surface area contributed by atoms with E-state index in [1.165, 1.54) is 12.1 Å². The lowest BCUT2D eigenvalue weighted by Crippen LogP contribution is -2.41. The zero-order chi connectivity index (χ0) is 17.4. The highest BCUT2D eigenvalue weighted by Crippen LogP contribution is 2.15. The van der Waals surface area contributed by atoms with E-state index in [0.717, 1.165) is 24.5 Å². The van der Waals surface area contributed by atoms with Gasteiger partial charge >= 0.3 is 0 Å². The van der Waals surface area contributed by atoms with Crippen molar-refractivity contribution >= 4 is 5.91 Å². The third-order valence-corrected chi connectivity index (χ3v) is 4.38. The average molecular weight is 340 g/mol. The van der Waals surface area contributed by atoms with E-state index in [0.29, 0.717) is 17.9 Å². The van der Waals surface area contributed by atoms with E-state index in [-0.39, 0.29) is 17.8 Å². The molecule has 1 aliphatic heterocycles. The Morgan fingerprint density at radius 3 is 2.84 bits per heavy atom. The molecule has 3 heterocycles. The van der Waals surface area contributed by atoms with Gasteiger partial charge in [-0.15, -0.1) is 10.2 Å². The van der Waals surface area contributed by atoms with Crippen LogP contribution in [0.15, 0.2) is 36.5 Å². The molecule has 1 amide bonds. The molecule has 0 spiro atoms. The first-order chi connectivity index (χ1) is 12.1. The van der Waals surface area contributed by atoms with Gasteiger partial charge in [0.05, 0.1) is 5.69 Å². The number of amides is 1. The van der Waals surface area contributed by atoms with Gasteiger partial charge in [-0.2, -0.15) is 5.10 Å². The van der Waals surface area contributed by atoms with Gasteiger partial charge in [-0.3, -0.25) is 4.79 Å². The Labute approximate surface area is 143 Å². The molecule has 3 aromatic rings. The zero-order valence-corrected chi connectivity index (χ0v) is 13.7. The Morgan fingerprint density at radius 1 is 1.24 bits per heavy atom. The highest BCUT2D eigenvalue weighted by Gasteiger charge is 2.23. The van der Waals surface area contributed by atoms with Crippen LogP contribution in [0, 0.1) is 12.7 Å². The number of nitrogens with one attached hydrogen (secondary N) is 1. The minimum atomic E-state index is -0.310. The Morgan fingerprint density at radius 2 is 2.04 bits per heavy atom. The number of aryl methyl sites for hydroxylation is 2. The molecule has 0 radical (unpaired) electrons. The Hall–Kier alpha value is -3.03. The molecule has 0 fully saturated rings. The number of aromatic nitrogens is 5. The van der Waals surface area contributed by atoms with Crippen molar-refractivity contribution < 1.29 is 9.18 Å². The number of benzene rings is 1. The molecule has 1 atom stereocenters. The normalized spacial score (nSPS) is 16.5.